The molecule has 184 valence electrons. The van der Waals surface area contributed by atoms with E-state index in [0.29, 0.717) is 25.8 Å². The minimum atomic E-state index is -0.582. The zero-order chi connectivity index (χ0) is 25.0. The summed E-state index contributed by atoms with van der Waals surface area (Å²) >= 11 is 0. The van der Waals surface area contributed by atoms with E-state index in [2.05, 4.69) is 36.5 Å². The van der Waals surface area contributed by atoms with Crippen molar-refractivity contribution in [2.75, 3.05) is 0 Å². The number of benzene rings is 3. The molecule has 4 nitrogen and oxygen atoms in total. The first-order chi connectivity index (χ1) is 17.0. The summed E-state index contributed by atoms with van der Waals surface area (Å²) in [5.74, 6) is -0.103. The highest BCUT2D eigenvalue weighted by atomic mass is 16.2. The maximum atomic E-state index is 13.7. The van der Waals surface area contributed by atoms with Crippen molar-refractivity contribution in [3.63, 3.8) is 0 Å². The molecule has 0 unspecified atom stereocenters. The minimum Gasteiger partial charge on any atom is -0.352 e. The fourth-order valence-corrected chi connectivity index (χ4v) is 4.11. The minimum absolute atomic E-state index is 0.00588. The van der Waals surface area contributed by atoms with Crippen LogP contribution in [0.3, 0.4) is 0 Å². The zero-order valence-electron chi connectivity index (χ0n) is 21.2. The molecule has 0 radical (unpaired) electrons. The Labute approximate surface area is 210 Å². The van der Waals surface area contributed by atoms with Crippen LogP contribution in [0, 0.1) is 0 Å². The standard InChI is InChI=1S/C31H38N2O2/c1-4-24(3)32-31(35)29(22-27-12-8-6-9-13-27)33(23-28-14-10-7-11-15-28)30(34)21-20-26-18-16-25(5-2)17-19-26/h6-19,24,29H,4-5,20-23H2,1-3H3,(H,32,35)/t24-,29+/m1/s1. The second kappa shape index (κ2) is 13.5. The van der Waals surface area contributed by atoms with Crippen LogP contribution < -0.4 is 5.32 Å². The lowest BCUT2D eigenvalue weighted by Crippen LogP contribution is -2.52. The Morgan fingerprint density at radius 2 is 1.34 bits per heavy atom. The molecule has 0 aliphatic heterocycles. The number of carbonyl (C=O) groups excluding carboxylic acids is 2. The van der Waals surface area contributed by atoms with Crippen molar-refractivity contribution in [3.05, 3.63) is 107 Å². The summed E-state index contributed by atoms with van der Waals surface area (Å²) < 4.78 is 0. The topological polar surface area (TPSA) is 49.4 Å². The normalized spacial score (nSPS) is 12.5. The van der Waals surface area contributed by atoms with Crippen molar-refractivity contribution in [2.45, 2.75) is 71.5 Å². The largest absolute Gasteiger partial charge is 0.352 e. The van der Waals surface area contributed by atoms with E-state index in [9.17, 15) is 9.59 Å². The average Bonchev–Trinajstić information content (AvgIpc) is 2.90. The van der Waals surface area contributed by atoms with Gasteiger partial charge in [-0.15, -0.1) is 0 Å². The third-order valence-electron chi connectivity index (χ3n) is 6.53. The maximum Gasteiger partial charge on any atom is 0.243 e. The number of aryl methyl sites for hydroxylation is 2. The van der Waals surface area contributed by atoms with Crippen LogP contribution in [0.4, 0.5) is 0 Å². The SMILES string of the molecule is CCc1ccc(CCC(=O)N(Cc2ccccc2)[C@@H](Cc2ccccc2)C(=O)N[C@H](C)CC)cc1. The van der Waals surface area contributed by atoms with Crippen molar-refractivity contribution in [3.8, 4) is 0 Å². The summed E-state index contributed by atoms with van der Waals surface area (Å²) in [6.07, 6.45) is 3.33. The quantitative estimate of drug-likeness (QED) is 0.367. The van der Waals surface area contributed by atoms with E-state index in [4.69, 9.17) is 0 Å². The van der Waals surface area contributed by atoms with Crippen LogP contribution in [0.25, 0.3) is 0 Å². The van der Waals surface area contributed by atoms with E-state index >= 15 is 0 Å². The number of nitrogens with zero attached hydrogens (tertiary/aromatic N) is 1. The van der Waals surface area contributed by atoms with Gasteiger partial charge in [-0.2, -0.15) is 0 Å². The van der Waals surface area contributed by atoms with Crippen molar-refractivity contribution >= 4 is 11.8 Å². The van der Waals surface area contributed by atoms with Gasteiger partial charge in [-0.25, -0.2) is 0 Å². The zero-order valence-corrected chi connectivity index (χ0v) is 21.2. The van der Waals surface area contributed by atoms with Gasteiger partial charge in [-0.1, -0.05) is 98.8 Å². The van der Waals surface area contributed by atoms with Gasteiger partial charge in [0.15, 0.2) is 0 Å². The van der Waals surface area contributed by atoms with Gasteiger partial charge < -0.3 is 10.2 Å². The van der Waals surface area contributed by atoms with Crippen LogP contribution in [0.1, 0.15) is 55.9 Å². The van der Waals surface area contributed by atoms with E-state index in [1.54, 1.807) is 4.90 Å². The second-order valence-electron chi connectivity index (χ2n) is 9.20. The summed E-state index contributed by atoms with van der Waals surface area (Å²) in [5, 5.41) is 3.12. The molecule has 0 heterocycles. The number of carbonyl (C=O) groups is 2. The van der Waals surface area contributed by atoms with E-state index in [1.807, 2.05) is 74.5 Å². The highest BCUT2D eigenvalue weighted by molar-refractivity contribution is 5.88. The van der Waals surface area contributed by atoms with Gasteiger partial charge in [-0.05, 0) is 48.4 Å². The van der Waals surface area contributed by atoms with E-state index < -0.39 is 6.04 Å². The van der Waals surface area contributed by atoms with E-state index in [0.717, 1.165) is 29.5 Å². The van der Waals surface area contributed by atoms with Crippen molar-refractivity contribution < 1.29 is 9.59 Å². The first-order valence-electron chi connectivity index (χ1n) is 12.8. The number of nitrogens with one attached hydrogen (secondary N) is 1. The molecule has 3 rings (SSSR count). The lowest BCUT2D eigenvalue weighted by molar-refractivity contribution is -0.141. The third-order valence-corrected chi connectivity index (χ3v) is 6.53. The van der Waals surface area contributed by atoms with Crippen LogP contribution in [-0.2, 0) is 35.4 Å². The first kappa shape index (κ1) is 26.2. The number of hydrogen-bond acceptors (Lipinski definition) is 2. The summed E-state index contributed by atoms with van der Waals surface area (Å²) in [7, 11) is 0. The Balaban J connectivity index is 1.86. The van der Waals surface area contributed by atoms with E-state index in [1.165, 1.54) is 5.56 Å². The van der Waals surface area contributed by atoms with Gasteiger partial charge in [-0.3, -0.25) is 9.59 Å². The molecule has 3 aromatic carbocycles. The number of amides is 2. The molecule has 0 spiro atoms. The molecule has 35 heavy (non-hydrogen) atoms. The monoisotopic (exact) mass is 470 g/mol. The Kier molecular flexibility index (Phi) is 10.1. The van der Waals surface area contributed by atoms with Crippen LogP contribution in [0.15, 0.2) is 84.9 Å². The third kappa shape index (κ3) is 8.10. The van der Waals surface area contributed by atoms with Gasteiger partial charge >= 0.3 is 0 Å². The Hall–Kier alpha value is -3.40. The molecule has 0 bridgehead atoms. The molecule has 0 aliphatic carbocycles. The lowest BCUT2D eigenvalue weighted by Gasteiger charge is -2.32. The first-order valence-corrected chi connectivity index (χ1v) is 12.8. The molecule has 0 aliphatic rings. The highest BCUT2D eigenvalue weighted by Gasteiger charge is 2.30. The van der Waals surface area contributed by atoms with Crippen LogP contribution in [-0.4, -0.2) is 28.8 Å². The van der Waals surface area contributed by atoms with Crippen LogP contribution in [0.2, 0.25) is 0 Å². The molecule has 0 fully saturated rings. The number of rotatable bonds is 12. The van der Waals surface area contributed by atoms with Crippen LogP contribution in [0.5, 0.6) is 0 Å². The molecular formula is C31H38N2O2. The van der Waals surface area contributed by atoms with Crippen molar-refractivity contribution in [1.29, 1.82) is 0 Å². The van der Waals surface area contributed by atoms with E-state index in [-0.39, 0.29) is 17.9 Å². The fraction of sp³-hybridized carbons (Fsp3) is 0.355. The Morgan fingerprint density at radius 1 is 0.771 bits per heavy atom. The highest BCUT2D eigenvalue weighted by Crippen LogP contribution is 2.17. The molecule has 2 amide bonds. The second-order valence-corrected chi connectivity index (χ2v) is 9.20. The van der Waals surface area contributed by atoms with Crippen molar-refractivity contribution in [2.24, 2.45) is 0 Å². The van der Waals surface area contributed by atoms with Gasteiger partial charge in [0.2, 0.25) is 11.8 Å². The number of hydrogen-bond donors (Lipinski definition) is 1. The van der Waals surface area contributed by atoms with Gasteiger partial charge in [0.05, 0.1) is 0 Å². The smallest absolute Gasteiger partial charge is 0.243 e. The molecule has 0 saturated carbocycles. The van der Waals surface area contributed by atoms with Gasteiger partial charge in [0.1, 0.15) is 6.04 Å². The Bertz CT molecular complexity index is 1050. The van der Waals surface area contributed by atoms with Gasteiger partial charge in [0, 0.05) is 25.4 Å². The summed E-state index contributed by atoms with van der Waals surface area (Å²) in [4.78, 5) is 29.0. The fourth-order valence-electron chi connectivity index (χ4n) is 4.11. The average molecular weight is 471 g/mol. The summed E-state index contributed by atoms with van der Waals surface area (Å²) in [6.45, 7) is 6.59. The molecule has 2 atom stereocenters. The molecule has 3 aromatic rings. The van der Waals surface area contributed by atoms with Crippen LogP contribution >= 0.6 is 0 Å². The molecule has 1 N–H and O–H groups in total. The molecule has 0 saturated heterocycles. The predicted molar refractivity (Wildman–Crippen MR) is 143 cm³/mol. The predicted octanol–water partition coefficient (Wildman–Crippen LogP) is 5.74. The summed E-state index contributed by atoms with van der Waals surface area (Å²) in [5.41, 5.74) is 4.48. The molecule has 0 aromatic heterocycles. The summed E-state index contributed by atoms with van der Waals surface area (Å²) in [6, 6.07) is 27.8. The molecule has 4 heteroatoms. The van der Waals surface area contributed by atoms with Crippen molar-refractivity contribution in [1.82, 2.24) is 10.2 Å². The maximum absolute atomic E-state index is 13.7. The van der Waals surface area contributed by atoms with Gasteiger partial charge in [0.25, 0.3) is 0 Å². The Morgan fingerprint density at radius 3 is 1.91 bits per heavy atom. The molecular weight excluding hydrogens is 432 g/mol. The lowest BCUT2D eigenvalue weighted by atomic mass is 10.0.